The van der Waals surface area contributed by atoms with E-state index < -0.39 is 5.91 Å². The number of rotatable bonds is 5. The SMILES string of the molecule is CC(=O)Nc1ccc(CC(=O)NNC(=O)c2ccccc2-n2cccc2)cc1. The van der Waals surface area contributed by atoms with E-state index in [1.165, 1.54) is 6.92 Å². The first kappa shape index (κ1) is 18.9. The minimum Gasteiger partial charge on any atom is -0.326 e. The van der Waals surface area contributed by atoms with Gasteiger partial charge in [0.25, 0.3) is 5.91 Å². The van der Waals surface area contributed by atoms with Gasteiger partial charge in [-0.25, -0.2) is 0 Å². The number of carbonyl (C=O) groups is 3. The maximum atomic E-state index is 12.5. The molecule has 1 heterocycles. The molecule has 0 unspecified atom stereocenters. The van der Waals surface area contributed by atoms with Crippen molar-refractivity contribution in [1.29, 1.82) is 0 Å². The van der Waals surface area contributed by atoms with E-state index in [0.29, 0.717) is 16.9 Å². The first-order valence-corrected chi connectivity index (χ1v) is 8.71. The third-order valence-corrected chi connectivity index (χ3v) is 3.99. The van der Waals surface area contributed by atoms with Crippen LogP contribution in [0.4, 0.5) is 5.69 Å². The van der Waals surface area contributed by atoms with Crippen LogP contribution in [-0.2, 0) is 16.0 Å². The molecule has 0 saturated carbocycles. The van der Waals surface area contributed by atoms with Crippen molar-refractivity contribution in [3.63, 3.8) is 0 Å². The zero-order valence-electron chi connectivity index (χ0n) is 15.3. The summed E-state index contributed by atoms with van der Waals surface area (Å²) in [5, 5.41) is 2.66. The van der Waals surface area contributed by atoms with Crippen LogP contribution < -0.4 is 16.2 Å². The monoisotopic (exact) mass is 376 g/mol. The molecule has 142 valence electrons. The van der Waals surface area contributed by atoms with Gasteiger partial charge >= 0.3 is 0 Å². The molecule has 3 aromatic rings. The van der Waals surface area contributed by atoms with Crippen molar-refractivity contribution in [1.82, 2.24) is 15.4 Å². The van der Waals surface area contributed by atoms with Crippen molar-refractivity contribution in [2.45, 2.75) is 13.3 Å². The first-order valence-electron chi connectivity index (χ1n) is 8.71. The van der Waals surface area contributed by atoms with Crippen molar-refractivity contribution in [3.8, 4) is 5.69 Å². The largest absolute Gasteiger partial charge is 0.326 e. The van der Waals surface area contributed by atoms with E-state index in [9.17, 15) is 14.4 Å². The third-order valence-electron chi connectivity index (χ3n) is 3.99. The van der Waals surface area contributed by atoms with Crippen molar-refractivity contribution >= 4 is 23.4 Å². The number of anilines is 1. The summed E-state index contributed by atoms with van der Waals surface area (Å²) in [5.41, 5.74) is 7.46. The van der Waals surface area contributed by atoms with Gasteiger partial charge in [-0.1, -0.05) is 24.3 Å². The average molecular weight is 376 g/mol. The van der Waals surface area contributed by atoms with Gasteiger partial charge in [0.2, 0.25) is 11.8 Å². The summed E-state index contributed by atoms with van der Waals surface area (Å²) < 4.78 is 1.83. The second-order valence-electron chi connectivity index (χ2n) is 6.16. The number of hydrogen-bond donors (Lipinski definition) is 3. The molecular formula is C21H20N4O3. The minimum atomic E-state index is -0.404. The average Bonchev–Trinajstić information content (AvgIpc) is 3.22. The molecule has 3 N–H and O–H groups in total. The predicted molar refractivity (Wildman–Crippen MR) is 106 cm³/mol. The Kier molecular flexibility index (Phi) is 5.86. The Morgan fingerprint density at radius 2 is 1.54 bits per heavy atom. The number of nitrogens with zero attached hydrogens (tertiary/aromatic N) is 1. The molecule has 3 rings (SSSR count). The molecule has 0 fully saturated rings. The second kappa shape index (κ2) is 8.68. The first-order chi connectivity index (χ1) is 13.5. The zero-order valence-corrected chi connectivity index (χ0v) is 15.3. The summed E-state index contributed by atoms with van der Waals surface area (Å²) in [6, 6.07) is 17.8. The number of nitrogens with one attached hydrogen (secondary N) is 3. The van der Waals surface area contributed by atoms with Gasteiger partial charge in [-0.3, -0.25) is 25.2 Å². The van der Waals surface area contributed by atoms with Gasteiger partial charge in [-0.2, -0.15) is 0 Å². The fraction of sp³-hybridized carbons (Fsp3) is 0.0952. The Bertz CT molecular complexity index is 979. The maximum Gasteiger partial charge on any atom is 0.271 e. The number of benzene rings is 2. The summed E-state index contributed by atoms with van der Waals surface area (Å²) in [6.07, 6.45) is 3.78. The van der Waals surface area contributed by atoms with Crippen molar-refractivity contribution in [2.75, 3.05) is 5.32 Å². The Morgan fingerprint density at radius 3 is 2.21 bits per heavy atom. The molecule has 0 aliphatic rings. The van der Waals surface area contributed by atoms with E-state index in [0.717, 1.165) is 5.56 Å². The molecule has 0 atom stereocenters. The fourth-order valence-electron chi connectivity index (χ4n) is 2.72. The minimum absolute atomic E-state index is 0.0971. The van der Waals surface area contributed by atoms with E-state index >= 15 is 0 Å². The van der Waals surface area contributed by atoms with Crippen LogP contribution >= 0.6 is 0 Å². The van der Waals surface area contributed by atoms with E-state index in [1.807, 2.05) is 41.2 Å². The molecule has 2 aromatic carbocycles. The Balaban J connectivity index is 1.58. The smallest absolute Gasteiger partial charge is 0.271 e. The van der Waals surface area contributed by atoms with E-state index in [1.54, 1.807) is 36.4 Å². The molecule has 1 aromatic heterocycles. The molecule has 7 nitrogen and oxygen atoms in total. The molecular weight excluding hydrogens is 356 g/mol. The van der Waals surface area contributed by atoms with Gasteiger partial charge in [0, 0.05) is 25.0 Å². The lowest BCUT2D eigenvalue weighted by Crippen LogP contribution is -2.42. The summed E-state index contributed by atoms with van der Waals surface area (Å²) in [7, 11) is 0. The topological polar surface area (TPSA) is 92.2 Å². The highest BCUT2D eigenvalue weighted by Gasteiger charge is 2.13. The van der Waals surface area contributed by atoms with Crippen molar-refractivity contribution in [3.05, 3.63) is 84.2 Å². The highest BCUT2D eigenvalue weighted by molar-refractivity contribution is 5.98. The number of aromatic nitrogens is 1. The summed E-state index contributed by atoms with van der Waals surface area (Å²) in [5.74, 6) is -0.911. The fourth-order valence-corrected chi connectivity index (χ4v) is 2.72. The lowest BCUT2D eigenvalue weighted by atomic mass is 10.1. The normalized spacial score (nSPS) is 10.2. The van der Waals surface area contributed by atoms with Gasteiger partial charge in [-0.05, 0) is 42.0 Å². The summed E-state index contributed by atoms with van der Waals surface area (Å²) in [6.45, 7) is 1.43. The molecule has 7 heteroatoms. The van der Waals surface area contributed by atoms with Crippen LogP contribution in [-0.4, -0.2) is 22.3 Å². The van der Waals surface area contributed by atoms with Crippen molar-refractivity contribution in [2.24, 2.45) is 0 Å². The Morgan fingerprint density at radius 1 is 0.857 bits per heavy atom. The van der Waals surface area contributed by atoms with E-state index in [4.69, 9.17) is 0 Å². The maximum absolute atomic E-state index is 12.5. The van der Waals surface area contributed by atoms with E-state index in [2.05, 4.69) is 16.2 Å². The lowest BCUT2D eigenvalue weighted by molar-refractivity contribution is -0.121. The second-order valence-corrected chi connectivity index (χ2v) is 6.16. The van der Waals surface area contributed by atoms with Gasteiger partial charge < -0.3 is 9.88 Å². The van der Waals surface area contributed by atoms with Crippen LogP contribution in [0.3, 0.4) is 0 Å². The summed E-state index contributed by atoms with van der Waals surface area (Å²) >= 11 is 0. The lowest BCUT2D eigenvalue weighted by Gasteiger charge is -2.12. The number of carbonyl (C=O) groups excluding carboxylic acids is 3. The predicted octanol–water partition coefficient (Wildman–Crippen LogP) is 2.44. The molecule has 0 saturated heterocycles. The van der Waals surface area contributed by atoms with Crippen molar-refractivity contribution < 1.29 is 14.4 Å². The molecule has 0 radical (unpaired) electrons. The quantitative estimate of drug-likeness (QED) is 0.597. The Hall–Kier alpha value is -3.87. The zero-order chi connectivity index (χ0) is 19.9. The molecule has 0 spiro atoms. The van der Waals surface area contributed by atoms with Crippen LogP contribution in [0, 0.1) is 0 Å². The van der Waals surface area contributed by atoms with Crippen LogP contribution in [0.15, 0.2) is 73.1 Å². The van der Waals surface area contributed by atoms with Gasteiger partial charge in [-0.15, -0.1) is 0 Å². The Labute approximate surface area is 162 Å². The third kappa shape index (κ3) is 4.85. The standard InChI is InChI=1S/C21H20N4O3/c1-15(26)22-17-10-8-16(9-11-17)14-20(27)23-24-21(28)18-6-2-3-7-19(18)25-12-4-5-13-25/h2-13H,14H2,1H3,(H,22,26)(H,23,27)(H,24,28). The molecule has 3 amide bonds. The summed E-state index contributed by atoms with van der Waals surface area (Å²) in [4.78, 5) is 35.6. The van der Waals surface area contributed by atoms with Crippen LogP contribution in [0.1, 0.15) is 22.8 Å². The number of hydrogen-bond acceptors (Lipinski definition) is 3. The van der Waals surface area contributed by atoms with Gasteiger partial charge in [0.15, 0.2) is 0 Å². The molecule has 0 bridgehead atoms. The van der Waals surface area contributed by atoms with Crippen LogP contribution in [0.25, 0.3) is 5.69 Å². The van der Waals surface area contributed by atoms with Gasteiger partial charge in [0.05, 0.1) is 17.7 Å². The van der Waals surface area contributed by atoms with E-state index in [-0.39, 0.29) is 18.2 Å². The number of para-hydroxylation sites is 1. The molecule has 0 aliphatic heterocycles. The highest BCUT2D eigenvalue weighted by Crippen LogP contribution is 2.14. The molecule has 28 heavy (non-hydrogen) atoms. The highest BCUT2D eigenvalue weighted by atomic mass is 16.2. The molecule has 0 aliphatic carbocycles. The number of hydrazine groups is 1. The van der Waals surface area contributed by atoms with Crippen LogP contribution in [0.5, 0.6) is 0 Å². The number of amides is 3. The van der Waals surface area contributed by atoms with Gasteiger partial charge in [0.1, 0.15) is 0 Å². The van der Waals surface area contributed by atoms with Crippen LogP contribution in [0.2, 0.25) is 0 Å².